The van der Waals surface area contributed by atoms with Crippen LogP contribution in [0.4, 0.5) is 5.69 Å². The second-order valence-electron chi connectivity index (χ2n) is 7.21. The van der Waals surface area contributed by atoms with Gasteiger partial charge in [0.05, 0.1) is 5.69 Å². The quantitative estimate of drug-likeness (QED) is 0.716. The fourth-order valence-corrected chi connectivity index (χ4v) is 2.97. The van der Waals surface area contributed by atoms with E-state index in [0.717, 1.165) is 27.9 Å². The Labute approximate surface area is 170 Å². The Hall–Kier alpha value is -3.41. The summed E-state index contributed by atoms with van der Waals surface area (Å²) in [4.78, 5) is 24.9. The van der Waals surface area contributed by atoms with Crippen molar-refractivity contribution >= 4 is 11.6 Å². The van der Waals surface area contributed by atoms with Crippen molar-refractivity contribution in [1.29, 1.82) is 0 Å². The topological polar surface area (TPSA) is 73.2 Å². The second-order valence-corrected chi connectivity index (χ2v) is 7.21. The minimum absolute atomic E-state index is 0.201. The molecule has 0 saturated heterocycles. The molecule has 1 aromatic heterocycles. The fraction of sp³-hybridized carbons (Fsp3) is 0.261. The summed E-state index contributed by atoms with van der Waals surface area (Å²) >= 11 is 0. The number of carbonyl (C=O) groups excluding carboxylic acids is 1. The normalized spacial score (nSPS) is 11.8. The van der Waals surface area contributed by atoms with Crippen LogP contribution in [-0.4, -0.2) is 21.8 Å². The first-order valence-corrected chi connectivity index (χ1v) is 9.48. The zero-order chi connectivity index (χ0) is 21.1. The van der Waals surface area contributed by atoms with Crippen molar-refractivity contribution in [3.63, 3.8) is 0 Å². The van der Waals surface area contributed by atoms with Crippen molar-refractivity contribution in [2.75, 3.05) is 5.32 Å². The number of nitrogens with zero attached hydrogens (tertiary/aromatic N) is 2. The molecule has 3 rings (SSSR count). The van der Waals surface area contributed by atoms with Crippen molar-refractivity contribution in [2.45, 2.75) is 40.7 Å². The third kappa shape index (κ3) is 4.54. The molecule has 6 heteroatoms. The molecule has 1 amide bonds. The first-order valence-electron chi connectivity index (χ1n) is 9.48. The van der Waals surface area contributed by atoms with E-state index in [1.807, 2.05) is 64.1 Å². The predicted molar refractivity (Wildman–Crippen MR) is 114 cm³/mol. The van der Waals surface area contributed by atoms with Gasteiger partial charge in [0.2, 0.25) is 5.88 Å². The summed E-state index contributed by atoms with van der Waals surface area (Å²) in [5.41, 5.74) is 5.30. The van der Waals surface area contributed by atoms with Gasteiger partial charge in [-0.15, -0.1) is 5.10 Å². The van der Waals surface area contributed by atoms with Gasteiger partial charge < -0.3 is 10.1 Å². The van der Waals surface area contributed by atoms with Crippen molar-refractivity contribution < 1.29 is 9.53 Å². The minimum atomic E-state index is -0.785. The Morgan fingerprint density at radius 2 is 1.66 bits per heavy atom. The fourth-order valence-electron chi connectivity index (χ4n) is 2.97. The van der Waals surface area contributed by atoms with Crippen molar-refractivity contribution in [3.8, 4) is 11.6 Å². The number of rotatable bonds is 5. The van der Waals surface area contributed by atoms with Gasteiger partial charge in [-0.25, -0.2) is 0 Å². The third-order valence-corrected chi connectivity index (χ3v) is 4.91. The Morgan fingerprint density at radius 3 is 2.31 bits per heavy atom. The minimum Gasteiger partial charge on any atom is -0.463 e. The van der Waals surface area contributed by atoms with Gasteiger partial charge >= 0.3 is 0 Å². The highest BCUT2D eigenvalue weighted by Crippen LogP contribution is 2.20. The van der Waals surface area contributed by atoms with Crippen LogP contribution in [0.3, 0.4) is 0 Å². The average Bonchev–Trinajstić information content (AvgIpc) is 2.68. The summed E-state index contributed by atoms with van der Waals surface area (Å²) in [5.74, 6) is -0.0832. The van der Waals surface area contributed by atoms with Crippen molar-refractivity contribution in [2.24, 2.45) is 0 Å². The Morgan fingerprint density at radius 1 is 0.966 bits per heavy atom. The monoisotopic (exact) mass is 391 g/mol. The summed E-state index contributed by atoms with van der Waals surface area (Å²) in [6, 6.07) is 14.3. The molecule has 0 saturated carbocycles. The largest absolute Gasteiger partial charge is 0.463 e. The molecule has 2 aromatic carbocycles. The van der Waals surface area contributed by atoms with Gasteiger partial charge in [-0.3, -0.25) is 9.59 Å². The summed E-state index contributed by atoms with van der Waals surface area (Å²) in [6.45, 7) is 9.51. The van der Waals surface area contributed by atoms with Crippen LogP contribution in [0.1, 0.15) is 29.2 Å². The lowest BCUT2D eigenvalue weighted by Crippen LogP contribution is -2.32. The number of para-hydroxylation sites is 1. The molecule has 0 aliphatic rings. The molecule has 150 valence electrons. The van der Waals surface area contributed by atoms with Crippen LogP contribution in [0.25, 0.3) is 5.69 Å². The Bertz CT molecular complexity index is 1100. The second kappa shape index (κ2) is 8.31. The first kappa shape index (κ1) is 20.3. The van der Waals surface area contributed by atoms with E-state index < -0.39 is 6.10 Å². The highest BCUT2D eigenvalue weighted by Gasteiger charge is 2.18. The van der Waals surface area contributed by atoms with Gasteiger partial charge in [-0.2, -0.15) is 4.68 Å². The average molecular weight is 391 g/mol. The smallest absolute Gasteiger partial charge is 0.271 e. The van der Waals surface area contributed by atoms with E-state index in [2.05, 4.69) is 10.4 Å². The number of anilines is 1. The molecule has 0 spiro atoms. The van der Waals surface area contributed by atoms with E-state index in [9.17, 15) is 9.59 Å². The summed E-state index contributed by atoms with van der Waals surface area (Å²) in [5, 5.41) is 7.19. The predicted octanol–water partition coefficient (Wildman–Crippen LogP) is 3.87. The van der Waals surface area contributed by atoms with Gasteiger partial charge in [0, 0.05) is 17.8 Å². The number of nitrogens with one attached hydrogen (secondary N) is 1. The summed E-state index contributed by atoms with van der Waals surface area (Å²) in [6.07, 6.45) is -0.785. The highest BCUT2D eigenvalue weighted by atomic mass is 16.5. The molecule has 1 heterocycles. The molecule has 1 unspecified atom stereocenters. The van der Waals surface area contributed by atoms with E-state index in [1.165, 1.54) is 16.8 Å². The molecule has 0 radical (unpaired) electrons. The van der Waals surface area contributed by atoms with Gasteiger partial charge in [0.15, 0.2) is 6.10 Å². The van der Waals surface area contributed by atoms with Crippen molar-refractivity contribution in [1.82, 2.24) is 9.78 Å². The number of aromatic nitrogens is 2. The molecular weight excluding hydrogens is 366 g/mol. The van der Waals surface area contributed by atoms with E-state index in [4.69, 9.17) is 4.74 Å². The summed E-state index contributed by atoms with van der Waals surface area (Å²) < 4.78 is 6.99. The van der Waals surface area contributed by atoms with Crippen LogP contribution in [0.5, 0.6) is 5.88 Å². The molecule has 0 aliphatic heterocycles. The van der Waals surface area contributed by atoms with Crippen LogP contribution in [0.15, 0.2) is 53.3 Å². The number of benzene rings is 2. The molecule has 29 heavy (non-hydrogen) atoms. The Balaban J connectivity index is 1.80. The number of amides is 1. The number of aryl methyl sites for hydroxylation is 4. The van der Waals surface area contributed by atoms with E-state index >= 15 is 0 Å². The molecule has 0 fully saturated rings. The molecule has 3 aromatic rings. The number of hydrogen-bond donors (Lipinski definition) is 1. The van der Waals surface area contributed by atoms with Crippen LogP contribution in [0, 0.1) is 27.7 Å². The molecule has 1 N–H and O–H groups in total. The maximum absolute atomic E-state index is 12.6. The number of hydrogen-bond acceptors (Lipinski definition) is 4. The molecule has 6 nitrogen and oxygen atoms in total. The highest BCUT2D eigenvalue weighted by molar-refractivity contribution is 5.95. The summed E-state index contributed by atoms with van der Waals surface area (Å²) in [7, 11) is 0. The van der Waals surface area contributed by atoms with Crippen LogP contribution >= 0.6 is 0 Å². The number of ether oxygens (including phenoxy) is 1. The maximum Gasteiger partial charge on any atom is 0.271 e. The Kier molecular flexibility index (Phi) is 5.82. The van der Waals surface area contributed by atoms with E-state index in [0.29, 0.717) is 5.69 Å². The van der Waals surface area contributed by atoms with E-state index in [1.54, 1.807) is 6.92 Å². The molecule has 0 aliphatic carbocycles. The third-order valence-electron chi connectivity index (χ3n) is 4.91. The lowest BCUT2D eigenvalue weighted by molar-refractivity contribution is -0.122. The standard InChI is InChI=1S/C23H25N3O3/c1-14-9-10-19(13-17(14)4)26-21(27)12-11-20(25-26)29-18(5)23(28)24-22-15(2)7-6-8-16(22)3/h6-13,18H,1-5H3,(H,24,28). The van der Waals surface area contributed by atoms with Gasteiger partial charge in [0.25, 0.3) is 11.5 Å². The lowest BCUT2D eigenvalue weighted by atomic mass is 10.1. The lowest BCUT2D eigenvalue weighted by Gasteiger charge is -2.17. The van der Waals surface area contributed by atoms with Crippen LogP contribution < -0.4 is 15.6 Å². The van der Waals surface area contributed by atoms with Gasteiger partial charge in [-0.1, -0.05) is 24.3 Å². The zero-order valence-corrected chi connectivity index (χ0v) is 17.3. The van der Waals surface area contributed by atoms with Crippen LogP contribution in [-0.2, 0) is 4.79 Å². The molecular formula is C23H25N3O3. The molecule has 0 bridgehead atoms. The first-order chi connectivity index (χ1) is 13.8. The number of carbonyl (C=O) groups is 1. The van der Waals surface area contributed by atoms with Crippen molar-refractivity contribution in [3.05, 3.63) is 81.1 Å². The SMILES string of the molecule is Cc1ccc(-n2nc(OC(C)C(=O)Nc3c(C)cccc3C)ccc2=O)cc1C. The van der Waals surface area contributed by atoms with Gasteiger partial charge in [-0.05, 0) is 69.0 Å². The van der Waals surface area contributed by atoms with E-state index in [-0.39, 0.29) is 17.3 Å². The zero-order valence-electron chi connectivity index (χ0n) is 17.3. The van der Waals surface area contributed by atoms with Gasteiger partial charge in [0.1, 0.15) is 0 Å². The molecule has 1 atom stereocenters. The maximum atomic E-state index is 12.6. The van der Waals surface area contributed by atoms with Crippen LogP contribution in [0.2, 0.25) is 0 Å².